The van der Waals surface area contributed by atoms with Gasteiger partial charge in [-0.1, -0.05) is 18.2 Å². The van der Waals surface area contributed by atoms with E-state index in [1.807, 2.05) is 24.9 Å². The summed E-state index contributed by atoms with van der Waals surface area (Å²) in [6.45, 7) is 4.08. The Labute approximate surface area is 126 Å². The molecule has 2 rings (SSSR count). The minimum absolute atomic E-state index is 0.181. The molecule has 0 saturated heterocycles. The first kappa shape index (κ1) is 14.6. The van der Waals surface area contributed by atoms with Crippen molar-refractivity contribution in [1.29, 1.82) is 0 Å². The molecular weight excluding hydrogens is 324 g/mol. The fourth-order valence-electron chi connectivity index (χ4n) is 2.23. The summed E-state index contributed by atoms with van der Waals surface area (Å²) >= 11 is 5.28. The molecular formula is C14H17BrN2OS. The van der Waals surface area contributed by atoms with Gasteiger partial charge < -0.3 is 4.79 Å². The molecule has 19 heavy (non-hydrogen) atoms. The van der Waals surface area contributed by atoms with E-state index in [1.54, 1.807) is 11.8 Å². The second-order valence-electron chi connectivity index (χ2n) is 4.80. The van der Waals surface area contributed by atoms with Crippen LogP contribution in [0.2, 0.25) is 0 Å². The summed E-state index contributed by atoms with van der Waals surface area (Å²) in [4.78, 5) is 11.5. The number of aldehydes is 1. The van der Waals surface area contributed by atoms with Gasteiger partial charge in [-0.25, -0.2) is 0 Å². The number of carbonyl (C=O) groups excluding carboxylic acids is 1. The lowest BCUT2D eigenvalue weighted by Gasteiger charge is -2.34. The van der Waals surface area contributed by atoms with E-state index in [0.29, 0.717) is 0 Å². The van der Waals surface area contributed by atoms with Crippen LogP contribution in [0.1, 0.15) is 36.6 Å². The summed E-state index contributed by atoms with van der Waals surface area (Å²) in [5.41, 5.74) is 3.29. The predicted molar refractivity (Wildman–Crippen MR) is 84.9 cm³/mol. The number of benzene rings is 1. The van der Waals surface area contributed by atoms with Crippen molar-refractivity contribution in [2.24, 2.45) is 5.10 Å². The molecule has 0 saturated carbocycles. The quantitative estimate of drug-likeness (QED) is 0.785. The summed E-state index contributed by atoms with van der Waals surface area (Å²) in [6.07, 6.45) is 3.05. The average molecular weight is 341 g/mol. The molecule has 3 nitrogen and oxygen atoms in total. The number of halogens is 1. The molecule has 1 aromatic rings. The molecule has 0 amide bonds. The molecule has 1 aliphatic heterocycles. The van der Waals surface area contributed by atoms with Gasteiger partial charge in [-0.3, -0.25) is 5.01 Å². The van der Waals surface area contributed by atoms with Gasteiger partial charge in [-0.05, 0) is 47.2 Å². The molecule has 0 radical (unpaired) electrons. The normalized spacial score (nSPS) is 18.3. The maximum Gasteiger partial charge on any atom is 0.148 e. The molecule has 0 spiro atoms. The largest absolute Gasteiger partial charge is 0.301 e. The van der Waals surface area contributed by atoms with Crippen LogP contribution in [0.5, 0.6) is 0 Å². The monoisotopic (exact) mass is 340 g/mol. The van der Waals surface area contributed by atoms with Crippen molar-refractivity contribution in [1.82, 2.24) is 5.01 Å². The Morgan fingerprint density at radius 1 is 1.53 bits per heavy atom. The first-order valence-corrected chi connectivity index (χ1v) is 8.37. The summed E-state index contributed by atoms with van der Waals surface area (Å²) in [5.74, 6) is 0.954. The van der Waals surface area contributed by atoms with Crippen LogP contribution in [0, 0.1) is 0 Å². The van der Waals surface area contributed by atoms with Crippen LogP contribution < -0.4 is 0 Å². The van der Waals surface area contributed by atoms with E-state index in [9.17, 15) is 4.79 Å². The van der Waals surface area contributed by atoms with Gasteiger partial charge in [0.1, 0.15) is 16.9 Å². The Morgan fingerprint density at radius 2 is 2.26 bits per heavy atom. The van der Waals surface area contributed by atoms with Crippen molar-refractivity contribution in [3.63, 3.8) is 0 Å². The van der Waals surface area contributed by atoms with Crippen LogP contribution >= 0.6 is 27.7 Å². The molecule has 1 unspecified atom stereocenters. The van der Waals surface area contributed by atoms with E-state index >= 15 is 0 Å². The van der Waals surface area contributed by atoms with Crippen molar-refractivity contribution in [2.45, 2.75) is 31.7 Å². The molecule has 0 aromatic heterocycles. The zero-order chi connectivity index (χ0) is 14.0. The zero-order valence-electron chi connectivity index (χ0n) is 11.3. The third-order valence-corrected chi connectivity index (χ3v) is 4.32. The van der Waals surface area contributed by atoms with Gasteiger partial charge in [0, 0.05) is 17.4 Å². The second kappa shape index (κ2) is 6.09. The van der Waals surface area contributed by atoms with E-state index in [2.05, 4.69) is 39.4 Å². The number of thioether (sulfide) groups is 1. The number of carbonyl (C=O) groups is 1. The second-order valence-corrected chi connectivity index (χ2v) is 6.42. The lowest BCUT2D eigenvalue weighted by molar-refractivity contribution is -0.113. The van der Waals surface area contributed by atoms with Crippen molar-refractivity contribution in [3.8, 4) is 0 Å². The number of rotatable bonds is 4. The SMILES string of the molecule is CSCc1ccc2c(c1)C(C=O)N(C(C)C)N=C2Br. The molecule has 0 bridgehead atoms. The van der Waals surface area contributed by atoms with Crippen LogP contribution in [0.25, 0.3) is 0 Å². The first-order valence-electron chi connectivity index (χ1n) is 6.18. The van der Waals surface area contributed by atoms with Gasteiger partial charge in [0.25, 0.3) is 0 Å². The highest BCUT2D eigenvalue weighted by Crippen LogP contribution is 2.32. The molecule has 0 aliphatic carbocycles. The smallest absolute Gasteiger partial charge is 0.148 e. The first-order chi connectivity index (χ1) is 9.08. The van der Waals surface area contributed by atoms with Gasteiger partial charge in [0.05, 0.1) is 0 Å². The van der Waals surface area contributed by atoms with Gasteiger partial charge >= 0.3 is 0 Å². The van der Waals surface area contributed by atoms with Gasteiger partial charge in [-0.15, -0.1) is 0 Å². The zero-order valence-corrected chi connectivity index (χ0v) is 13.7. The highest BCUT2D eigenvalue weighted by atomic mass is 79.9. The Bertz CT molecular complexity index is 516. The minimum atomic E-state index is -0.293. The summed E-state index contributed by atoms with van der Waals surface area (Å²) in [7, 11) is 0. The van der Waals surface area contributed by atoms with Gasteiger partial charge in [0.15, 0.2) is 0 Å². The Balaban J connectivity index is 2.50. The third kappa shape index (κ3) is 2.87. The number of fused-ring (bicyclic) bond motifs is 1. The maximum absolute atomic E-state index is 11.5. The van der Waals surface area contributed by atoms with Gasteiger partial charge in [0.2, 0.25) is 0 Å². The topological polar surface area (TPSA) is 32.7 Å². The number of nitrogens with zero attached hydrogens (tertiary/aromatic N) is 2. The standard InChI is InChI=1S/C14H17BrN2OS/c1-9(2)17-13(7-18)12-6-10(8-19-3)4-5-11(12)14(15)16-17/h4-7,9,13H,8H2,1-3H3. The summed E-state index contributed by atoms with van der Waals surface area (Å²) in [5, 5.41) is 6.33. The highest BCUT2D eigenvalue weighted by Gasteiger charge is 2.29. The number of hydrazone groups is 1. The maximum atomic E-state index is 11.5. The fourth-order valence-corrected chi connectivity index (χ4v) is 3.29. The Kier molecular flexibility index (Phi) is 4.68. The number of hydrogen-bond acceptors (Lipinski definition) is 4. The van der Waals surface area contributed by atoms with E-state index in [0.717, 1.165) is 27.8 Å². The molecule has 0 fully saturated rings. The molecule has 102 valence electrons. The minimum Gasteiger partial charge on any atom is -0.301 e. The van der Waals surface area contributed by atoms with Crippen LogP contribution in [0.15, 0.2) is 23.3 Å². The summed E-state index contributed by atoms with van der Waals surface area (Å²) in [6, 6.07) is 6.15. The van der Waals surface area contributed by atoms with Crippen molar-refractivity contribution in [3.05, 3.63) is 34.9 Å². The van der Waals surface area contributed by atoms with Crippen molar-refractivity contribution in [2.75, 3.05) is 6.26 Å². The molecule has 5 heteroatoms. The highest BCUT2D eigenvalue weighted by molar-refractivity contribution is 9.18. The molecule has 1 heterocycles. The van der Waals surface area contributed by atoms with Crippen LogP contribution in [0.3, 0.4) is 0 Å². The molecule has 1 aromatic carbocycles. The van der Waals surface area contributed by atoms with Crippen LogP contribution in [-0.2, 0) is 10.5 Å². The fraction of sp³-hybridized carbons (Fsp3) is 0.429. The Hall–Kier alpha value is -0.810. The van der Waals surface area contributed by atoms with E-state index in [1.165, 1.54) is 5.56 Å². The summed E-state index contributed by atoms with van der Waals surface area (Å²) < 4.78 is 0.796. The molecule has 1 atom stereocenters. The van der Waals surface area contributed by atoms with Crippen molar-refractivity contribution < 1.29 is 4.79 Å². The lowest BCUT2D eigenvalue weighted by atomic mass is 9.97. The molecule has 0 N–H and O–H groups in total. The van der Waals surface area contributed by atoms with Gasteiger partial charge in [-0.2, -0.15) is 16.9 Å². The van der Waals surface area contributed by atoms with Crippen LogP contribution in [-0.4, -0.2) is 28.2 Å². The number of hydrogen-bond donors (Lipinski definition) is 0. The van der Waals surface area contributed by atoms with Crippen LogP contribution in [0.4, 0.5) is 0 Å². The Morgan fingerprint density at radius 3 is 2.84 bits per heavy atom. The van der Waals surface area contributed by atoms with E-state index in [4.69, 9.17) is 0 Å². The predicted octanol–water partition coefficient (Wildman–Crippen LogP) is 3.57. The van der Waals surface area contributed by atoms with E-state index < -0.39 is 0 Å². The van der Waals surface area contributed by atoms with Crippen molar-refractivity contribution >= 4 is 38.6 Å². The third-order valence-electron chi connectivity index (χ3n) is 3.11. The average Bonchev–Trinajstić information content (AvgIpc) is 2.38. The molecule has 1 aliphatic rings. The van der Waals surface area contributed by atoms with E-state index in [-0.39, 0.29) is 12.1 Å². The lowest BCUT2D eigenvalue weighted by Crippen LogP contribution is -2.35.